The smallest absolute Gasteiger partial charge is 0.306 e. The number of hydrogen-bond acceptors (Lipinski definition) is 5. The zero-order valence-corrected chi connectivity index (χ0v) is 12.5. The molecule has 0 amide bonds. The van der Waals surface area contributed by atoms with Crippen LogP contribution in [0, 0.1) is 0 Å². The third kappa shape index (κ3) is 5.25. The molecule has 21 heavy (non-hydrogen) atoms. The first-order valence-electron chi connectivity index (χ1n) is 6.11. The Hall–Kier alpha value is -1.77. The molecule has 116 valence electrons. The molecule has 0 fully saturated rings. The van der Waals surface area contributed by atoms with E-state index < -0.39 is 22.1 Å². The van der Waals surface area contributed by atoms with Gasteiger partial charge in [0.15, 0.2) is 5.78 Å². The minimum Gasteiger partial charge on any atom is -0.481 e. The van der Waals surface area contributed by atoms with Crippen molar-refractivity contribution in [2.45, 2.75) is 24.3 Å². The van der Waals surface area contributed by atoms with E-state index in [0.29, 0.717) is 5.56 Å². The molecule has 1 aromatic carbocycles. The minimum absolute atomic E-state index is 0.00215. The molecule has 0 saturated heterocycles. The molecule has 1 atom stereocenters. The van der Waals surface area contributed by atoms with Crippen molar-refractivity contribution in [1.82, 2.24) is 4.72 Å². The molecule has 0 saturated carbocycles. The number of ether oxygens (including phenoxy) is 1. The summed E-state index contributed by atoms with van der Waals surface area (Å²) >= 11 is 0. The highest BCUT2D eigenvalue weighted by atomic mass is 32.2. The van der Waals surface area contributed by atoms with E-state index in [0.717, 1.165) is 0 Å². The third-order valence-electron chi connectivity index (χ3n) is 2.81. The second-order valence-corrected chi connectivity index (χ2v) is 6.15. The van der Waals surface area contributed by atoms with Crippen molar-refractivity contribution in [3.63, 3.8) is 0 Å². The molecule has 0 radical (unpaired) electrons. The zero-order valence-electron chi connectivity index (χ0n) is 11.7. The minimum atomic E-state index is -3.78. The number of nitrogens with one attached hydrogen (secondary N) is 1. The Labute approximate surface area is 123 Å². The summed E-state index contributed by atoms with van der Waals surface area (Å²) in [6.07, 6.45) is -1.06. The molecule has 1 rings (SSSR count). The van der Waals surface area contributed by atoms with Crippen LogP contribution >= 0.6 is 0 Å². The van der Waals surface area contributed by atoms with Crippen molar-refractivity contribution >= 4 is 21.8 Å². The number of ketones is 1. The lowest BCUT2D eigenvalue weighted by molar-refractivity contribution is -0.139. The van der Waals surface area contributed by atoms with Gasteiger partial charge in [-0.05, 0) is 19.1 Å². The largest absolute Gasteiger partial charge is 0.481 e. The summed E-state index contributed by atoms with van der Waals surface area (Å²) in [5, 5.41) is 8.65. The van der Waals surface area contributed by atoms with Crippen molar-refractivity contribution in [3.05, 3.63) is 29.8 Å². The first kappa shape index (κ1) is 17.3. The monoisotopic (exact) mass is 315 g/mol. The first-order chi connectivity index (χ1) is 9.76. The molecule has 0 heterocycles. The van der Waals surface area contributed by atoms with Gasteiger partial charge in [0.2, 0.25) is 10.0 Å². The maximum absolute atomic E-state index is 12.0. The summed E-state index contributed by atoms with van der Waals surface area (Å²) < 4.78 is 31.2. The second-order valence-electron chi connectivity index (χ2n) is 4.39. The lowest BCUT2D eigenvalue weighted by Gasteiger charge is -2.14. The van der Waals surface area contributed by atoms with Gasteiger partial charge in [-0.15, -0.1) is 0 Å². The fraction of sp³-hybridized carbons (Fsp3) is 0.385. The molecule has 0 aliphatic carbocycles. The van der Waals surface area contributed by atoms with Gasteiger partial charge in [-0.1, -0.05) is 12.1 Å². The third-order valence-corrected chi connectivity index (χ3v) is 4.25. The van der Waals surface area contributed by atoms with E-state index >= 15 is 0 Å². The van der Waals surface area contributed by atoms with Crippen LogP contribution in [0.5, 0.6) is 0 Å². The van der Waals surface area contributed by atoms with Crippen LogP contribution in [0.15, 0.2) is 29.2 Å². The summed E-state index contributed by atoms with van der Waals surface area (Å²) in [6.45, 7) is 1.23. The van der Waals surface area contributed by atoms with E-state index in [1.807, 2.05) is 0 Å². The quantitative estimate of drug-likeness (QED) is 0.682. The number of hydrogen-bond donors (Lipinski definition) is 2. The molecular weight excluding hydrogens is 298 g/mol. The van der Waals surface area contributed by atoms with Gasteiger partial charge in [-0.3, -0.25) is 9.59 Å². The number of Topliss-reactive ketones (excluding diaryl/α,β-unsaturated/α-hetero) is 1. The Balaban J connectivity index is 2.76. The van der Waals surface area contributed by atoms with E-state index in [9.17, 15) is 18.0 Å². The average molecular weight is 315 g/mol. The van der Waals surface area contributed by atoms with Crippen LogP contribution in [-0.2, 0) is 19.6 Å². The number of carboxylic acids is 1. The second kappa shape index (κ2) is 7.30. The average Bonchev–Trinajstić information content (AvgIpc) is 2.43. The molecule has 8 heteroatoms. The van der Waals surface area contributed by atoms with Crippen LogP contribution < -0.4 is 4.72 Å². The van der Waals surface area contributed by atoms with E-state index in [1.165, 1.54) is 38.3 Å². The Kier molecular flexibility index (Phi) is 6.01. The van der Waals surface area contributed by atoms with Crippen LogP contribution in [0.1, 0.15) is 23.7 Å². The summed E-state index contributed by atoms with van der Waals surface area (Å²) in [7, 11) is -2.47. The molecule has 0 spiro atoms. The van der Waals surface area contributed by atoms with E-state index in [1.54, 1.807) is 0 Å². The Bertz CT molecular complexity index is 608. The Morgan fingerprint density at radius 3 is 2.29 bits per heavy atom. The standard InChI is InChI=1S/C13H17NO6S/c1-9(15)10-3-5-12(6-4-10)21(18,19)14-8-11(20-2)7-13(16)17/h3-6,11,14H,7-8H2,1-2H3,(H,16,17). The first-order valence-corrected chi connectivity index (χ1v) is 7.60. The fourth-order valence-corrected chi connectivity index (χ4v) is 2.65. The normalized spacial score (nSPS) is 12.9. The number of sulfonamides is 1. The maximum Gasteiger partial charge on any atom is 0.306 e. The highest BCUT2D eigenvalue weighted by molar-refractivity contribution is 7.89. The van der Waals surface area contributed by atoms with Gasteiger partial charge >= 0.3 is 5.97 Å². The SMILES string of the molecule is COC(CNS(=O)(=O)c1ccc(C(C)=O)cc1)CC(=O)O. The Morgan fingerprint density at radius 1 is 1.29 bits per heavy atom. The number of carboxylic acid groups (broad SMARTS) is 1. The molecule has 7 nitrogen and oxygen atoms in total. The number of methoxy groups -OCH3 is 1. The van der Waals surface area contributed by atoms with Crippen molar-refractivity contribution in [1.29, 1.82) is 0 Å². The fourth-order valence-electron chi connectivity index (χ4n) is 1.59. The molecule has 2 N–H and O–H groups in total. The summed E-state index contributed by atoms with van der Waals surface area (Å²) in [5.41, 5.74) is 0.412. The van der Waals surface area contributed by atoms with Crippen molar-refractivity contribution in [2.75, 3.05) is 13.7 Å². The number of carbonyl (C=O) groups excluding carboxylic acids is 1. The van der Waals surface area contributed by atoms with Crippen LogP contribution in [0.2, 0.25) is 0 Å². The van der Waals surface area contributed by atoms with Gasteiger partial charge in [-0.2, -0.15) is 0 Å². The Morgan fingerprint density at radius 2 is 1.86 bits per heavy atom. The van der Waals surface area contributed by atoms with Gasteiger partial charge in [0.05, 0.1) is 17.4 Å². The zero-order chi connectivity index (χ0) is 16.0. The van der Waals surface area contributed by atoms with E-state index in [-0.39, 0.29) is 23.6 Å². The predicted octanol–water partition coefficient (Wildman–Crippen LogP) is 0.657. The van der Waals surface area contributed by atoms with Gasteiger partial charge in [-0.25, -0.2) is 13.1 Å². The van der Waals surface area contributed by atoms with Crippen LogP contribution in [0.4, 0.5) is 0 Å². The summed E-state index contributed by atoms with van der Waals surface area (Å²) in [6, 6.07) is 5.47. The predicted molar refractivity (Wildman–Crippen MR) is 74.7 cm³/mol. The van der Waals surface area contributed by atoms with Crippen molar-refractivity contribution in [3.8, 4) is 0 Å². The molecule has 1 aromatic rings. The van der Waals surface area contributed by atoms with E-state index in [2.05, 4.69) is 4.72 Å². The number of carbonyl (C=O) groups is 2. The molecule has 0 aliphatic heterocycles. The topological polar surface area (TPSA) is 110 Å². The lowest BCUT2D eigenvalue weighted by atomic mass is 10.2. The van der Waals surface area contributed by atoms with Crippen molar-refractivity contribution in [2.24, 2.45) is 0 Å². The number of rotatable bonds is 8. The number of benzene rings is 1. The van der Waals surface area contributed by atoms with Crippen LogP contribution in [0.3, 0.4) is 0 Å². The molecule has 0 bridgehead atoms. The number of aliphatic carboxylic acids is 1. The van der Waals surface area contributed by atoms with Gasteiger partial charge < -0.3 is 9.84 Å². The van der Waals surface area contributed by atoms with Gasteiger partial charge in [0.1, 0.15) is 0 Å². The summed E-state index contributed by atoms with van der Waals surface area (Å²) in [4.78, 5) is 21.7. The van der Waals surface area contributed by atoms with Crippen molar-refractivity contribution < 1.29 is 27.9 Å². The van der Waals surface area contributed by atoms with Gasteiger partial charge in [0.25, 0.3) is 0 Å². The van der Waals surface area contributed by atoms with Crippen LogP contribution in [0.25, 0.3) is 0 Å². The molecular formula is C13H17NO6S. The summed E-state index contributed by atoms with van der Waals surface area (Å²) in [5.74, 6) is -1.24. The van der Waals surface area contributed by atoms with Gasteiger partial charge in [0, 0.05) is 19.2 Å². The molecule has 0 aromatic heterocycles. The lowest BCUT2D eigenvalue weighted by Crippen LogP contribution is -2.34. The highest BCUT2D eigenvalue weighted by Gasteiger charge is 2.18. The van der Waals surface area contributed by atoms with Crippen LogP contribution in [-0.4, -0.2) is 45.0 Å². The maximum atomic E-state index is 12.0. The molecule has 1 unspecified atom stereocenters. The molecule has 0 aliphatic rings. The van der Waals surface area contributed by atoms with E-state index in [4.69, 9.17) is 9.84 Å². The highest BCUT2D eigenvalue weighted by Crippen LogP contribution is 2.11.